The maximum absolute atomic E-state index is 13.0. The van der Waals surface area contributed by atoms with Crippen LogP contribution in [0.3, 0.4) is 0 Å². The Bertz CT molecular complexity index is 353. The third-order valence-electron chi connectivity index (χ3n) is 3.32. The van der Waals surface area contributed by atoms with Crippen molar-refractivity contribution in [3.63, 3.8) is 0 Å². The fraction of sp³-hybridized carbons (Fsp3) is 0.538. The van der Waals surface area contributed by atoms with Crippen molar-refractivity contribution in [2.24, 2.45) is 0 Å². The van der Waals surface area contributed by atoms with Gasteiger partial charge in [-0.2, -0.15) is 0 Å². The van der Waals surface area contributed by atoms with E-state index in [1.165, 1.54) is 12.1 Å². The van der Waals surface area contributed by atoms with Crippen LogP contribution < -0.4 is 5.32 Å². The fourth-order valence-electron chi connectivity index (χ4n) is 2.34. The second kappa shape index (κ2) is 5.56. The predicted molar refractivity (Wildman–Crippen MR) is 63.7 cm³/mol. The topological polar surface area (TPSA) is 15.3 Å². The van der Waals surface area contributed by atoms with Gasteiger partial charge in [0.25, 0.3) is 0 Å². The molecule has 1 fully saturated rings. The van der Waals surface area contributed by atoms with Crippen LogP contribution in [-0.2, 0) is 6.54 Å². The minimum absolute atomic E-state index is 0.495. The van der Waals surface area contributed by atoms with Crippen LogP contribution in [0.4, 0.5) is 8.78 Å². The Morgan fingerprint density at radius 1 is 1.18 bits per heavy atom. The van der Waals surface area contributed by atoms with Gasteiger partial charge in [-0.05, 0) is 50.7 Å². The smallest absolute Gasteiger partial charge is 0.126 e. The molecular formula is C13H18F2N2. The molecular weight excluding hydrogens is 222 g/mol. The van der Waals surface area contributed by atoms with E-state index in [2.05, 4.69) is 10.2 Å². The average Bonchev–Trinajstić information content (AvgIpc) is 2.28. The summed E-state index contributed by atoms with van der Waals surface area (Å²) in [6.45, 7) is 2.58. The zero-order chi connectivity index (χ0) is 12.3. The van der Waals surface area contributed by atoms with Crippen molar-refractivity contribution in [1.82, 2.24) is 10.2 Å². The van der Waals surface area contributed by atoms with Gasteiger partial charge in [-0.3, -0.25) is 4.90 Å². The summed E-state index contributed by atoms with van der Waals surface area (Å²) < 4.78 is 26.1. The van der Waals surface area contributed by atoms with Crippen LogP contribution in [-0.4, -0.2) is 31.1 Å². The standard InChI is InChI=1S/C13H18F2N2/c1-16-13-2-4-17(5-3-13)9-10-6-11(14)8-12(15)7-10/h6-8,13,16H,2-5,9H2,1H3. The molecule has 1 heterocycles. The van der Waals surface area contributed by atoms with Gasteiger partial charge in [-0.1, -0.05) is 0 Å². The van der Waals surface area contributed by atoms with Gasteiger partial charge in [0, 0.05) is 18.7 Å². The SMILES string of the molecule is CNC1CCN(Cc2cc(F)cc(F)c2)CC1. The Morgan fingerprint density at radius 2 is 1.76 bits per heavy atom. The number of hydrogen-bond acceptors (Lipinski definition) is 2. The Balaban J connectivity index is 1.93. The average molecular weight is 240 g/mol. The molecule has 1 N–H and O–H groups in total. The van der Waals surface area contributed by atoms with E-state index in [-0.39, 0.29) is 0 Å². The molecule has 2 rings (SSSR count). The van der Waals surface area contributed by atoms with Crippen LogP contribution in [0.1, 0.15) is 18.4 Å². The highest BCUT2D eigenvalue weighted by molar-refractivity contribution is 5.17. The molecule has 0 spiro atoms. The van der Waals surface area contributed by atoms with Gasteiger partial charge >= 0.3 is 0 Å². The highest BCUT2D eigenvalue weighted by Gasteiger charge is 2.17. The summed E-state index contributed by atoms with van der Waals surface area (Å²) in [6, 6.07) is 4.31. The maximum Gasteiger partial charge on any atom is 0.126 e. The molecule has 0 saturated carbocycles. The van der Waals surface area contributed by atoms with E-state index in [9.17, 15) is 8.78 Å². The van der Waals surface area contributed by atoms with Gasteiger partial charge in [0.15, 0.2) is 0 Å². The molecule has 0 aliphatic carbocycles. The van der Waals surface area contributed by atoms with Gasteiger partial charge in [0.05, 0.1) is 0 Å². The molecule has 1 aromatic carbocycles. The second-order valence-electron chi connectivity index (χ2n) is 4.62. The molecule has 1 aromatic rings. The Morgan fingerprint density at radius 3 is 2.29 bits per heavy atom. The molecule has 4 heteroatoms. The van der Waals surface area contributed by atoms with E-state index >= 15 is 0 Å². The van der Waals surface area contributed by atoms with Crippen molar-refractivity contribution in [2.75, 3.05) is 20.1 Å². The first kappa shape index (κ1) is 12.5. The summed E-state index contributed by atoms with van der Waals surface area (Å²) in [5, 5.41) is 3.26. The molecule has 2 nitrogen and oxygen atoms in total. The molecule has 0 unspecified atom stereocenters. The molecule has 0 radical (unpaired) electrons. The van der Waals surface area contributed by atoms with Crippen molar-refractivity contribution >= 4 is 0 Å². The lowest BCUT2D eigenvalue weighted by Gasteiger charge is -2.31. The van der Waals surface area contributed by atoms with Crippen LogP contribution in [0, 0.1) is 11.6 Å². The van der Waals surface area contributed by atoms with E-state index in [0.29, 0.717) is 18.2 Å². The second-order valence-corrected chi connectivity index (χ2v) is 4.62. The normalized spacial score (nSPS) is 18.5. The summed E-state index contributed by atoms with van der Waals surface area (Å²) in [5.74, 6) is -0.991. The van der Waals surface area contributed by atoms with Crippen molar-refractivity contribution in [3.8, 4) is 0 Å². The van der Waals surface area contributed by atoms with E-state index in [1.807, 2.05) is 7.05 Å². The van der Waals surface area contributed by atoms with Crippen LogP contribution in [0.25, 0.3) is 0 Å². The molecule has 0 atom stereocenters. The number of nitrogens with one attached hydrogen (secondary N) is 1. The first-order valence-corrected chi connectivity index (χ1v) is 6.02. The molecule has 17 heavy (non-hydrogen) atoms. The van der Waals surface area contributed by atoms with Gasteiger partial charge < -0.3 is 5.32 Å². The van der Waals surface area contributed by atoms with Gasteiger partial charge in [-0.15, -0.1) is 0 Å². The minimum atomic E-state index is -0.495. The lowest BCUT2D eigenvalue weighted by molar-refractivity contribution is 0.194. The largest absolute Gasteiger partial charge is 0.317 e. The van der Waals surface area contributed by atoms with Crippen molar-refractivity contribution in [3.05, 3.63) is 35.4 Å². The van der Waals surface area contributed by atoms with E-state index in [1.54, 1.807) is 0 Å². The van der Waals surface area contributed by atoms with E-state index < -0.39 is 11.6 Å². The van der Waals surface area contributed by atoms with Crippen molar-refractivity contribution < 1.29 is 8.78 Å². The first-order valence-electron chi connectivity index (χ1n) is 6.02. The monoisotopic (exact) mass is 240 g/mol. The van der Waals surface area contributed by atoms with Gasteiger partial charge in [0.2, 0.25) is 0 Å². The summed E-state index contributed by atoms with van der Waals surface area (Å²) in [7, 11) is 1.97. The summed E-state index contributed by atoms with van der Waals surface area (Å²) in [6.07, 6.45) is 2.18. The van der Waals surface area contributed by atoms with Crippen LogP contribution in [0.2, 0.25) is 0 Å². The Labute approximate surface area is 101 Å². The van der Waals surface area contributed by atoms with Gasteiger partial charge in [-0.25, -0.2) is 8.78 Å². The zero-order valence-corrected chi connectivity index (χ0v) is 10.0. The minimum Gasteiger partial charge on any atom is -0.317 e. The third kappa shape index (κ3) is 3.48. The number of rotatable bonds is 3. The molecule has 0 bridgehead atoms. The number of benzene rings is 1. The van der Waals surface area contributed by atoms with E-state index in [0.717, 1.165) is 32.0 Å². The predicted octanol–water partition coefficient (Wildman–Crippen LogP) is 2.15. The van der Waals surface area contributed by atoms with Crippen molar-refractivity contribution in [2.45, 2.75) is 25.4 Å². The number of likely N-dealkylation sites (tertiary alicyclic amines) is 1. The highest BCUT2D eigenvalue weighted by atomic mass is 19.1. The number of nitrogens with zero attached hydrogens (tertiary/aromatic N) is 1. The number of halogens is 2. The molecule has 94 valence electrons. The first-order chi connectivity index (χ1) is 8.17. The molecule has 1 aliphatic heterocycles. The Kier molecular flexibility index (Phi) is 4.07. The van der Waals surface area contributed by atoms with E-state index in [4.69, 9.17) is 0 Å². The lowest BCUT2D eigenvalue weighted by Crippen LogP contribution is -2.40. The molecule has 1 aliphatic rings. The zero-order valence-electron chi connectivity index (χ0n) is 10.0. The number of hydrogen-bond donors (Lipinski definition) is 1. The fourth-order valence-corrected chi connectivity index (χ4v) is 2.34. The highest BCUT2D eigenvalue weighted by Crippen LogP contribution is 2.15. The van der Waals surface area contributed by atoms with Crippen LogP contribution >= 0.6 is 0 Å². The molecule has 1 saturated heterocycles. The third-order valence-corrected chi connectivity index (χ3v) is 3.32. The van der Waals surface area contributed by atoms with Gasteiger partial charge in [0.1, 0.15) is 11.6 Å². The van der Waals surface area contributed by atoms with Crippen molar-refractivity contribution in [1.29, 1.82) is 0 Å². The lowest BCUT2D eigenvalue weighted by atomic mass is 10.0. The quantitative estimate of drug-likeness (QED) is 0.871. The summed E-state index contributed by atoms with van der Waals surface area (Å²) in [5.41, 5.74) is 0.713. The van der Waals surface area contributed by atoms with Crippen LogP contribution in [0.15, 0.2) is 18.2 Å². The number of piperidine rings is 1. The summed E-state index contributed by atoms with van der Waals surface area (Å²) >= 11 is 0. The maximum atomic E-state index is 13.0. The Hall–Kier alpha value is -1.00. The molecule has 0 amide bonds. The summed E-state index contributed by atoms with van der Waals surface area (Å²) in [4.78, 5) is 2.24. The van der Waals surface area contributed by atoms with Crippen LogP contribution in [0.5, 0.6) is 0 Å². The molecule has 0 aromatic heterocycles.